The Morgan fingerprint density at radius 1 is 0.935 bits per heavy atom. The van der Waals surface area contributed by atoms with Gasteiger partial charge in [-0.05, 0) is 43.2 Å². The van der Waals surface area contributed by atoms with Gasteiger partial charge in [-0.15, -0.1) is 0 Å². The quantitative estimate of drug-likeness (QED) is 0.691. The Morgan fingerprint density at radius 3 is 2.16 bits per heavy atom. The third-order valence-corrected chi connectivity index (χ3v) is 7.60. The number of hydrogen-bond donors (Lipinski definition) is 0. The minimum Gasteiger partial charge on any atom is -0.495 e. The van der Waals surface area contributed by atoms with Crippen molar-refractivity contribution in [3.8, 4) is 5.75 Å². The number of carbonyl (C=O) groups is 2. The fourth-order valence-electron chi connectivity index (χ4n) is 3.93. The van der Waals surface area contributed by atoms with Gasteiger partial charge in [0.2, 0.25) is 10.0 Å². The predicted molar refractivity (Wildman–Crippen MR) is 112 cm³/mol. The van der Waals surface area contributed by atoms with E-state index in [9.17, 15) is 18.0 Å². The van der Waals surface area contributed by atoms with Crippen LogP contribution in [0.25, 0.3) is 0 Å². The highest BCUT2D eigenvalue weighted by molar-refractivity contribution is 7.89. The molecule has 166 valence electrons. The molecule has 0 atom stereocenters. The summed E-state index contributed by atoms with van der Waals surface area (Å²) in [7, 11) is -2.33. The highest BCUT2D eigenvalue weighted by Gasteiger charge is 2.32. The number of nitrogens with zero attached hydrogens (tertiary/aromatic N) is 3. The van der Waals surface area contributed by atoms with E-state index in [4.69, 9.17) is 9.15 Å². The molecule has 2 amide bonds. The van der Waals surface area contributed by atoms with E-state index in [0.29, 0.717) is 39.3 Å². The van der Waals surface area contributed by atoms with Crippen molar-refractivity contribution in [2.24, 2.45) is 0 Å². The lowest BCUT2D eigenvalue weighted by Gasteiger charge is -2.34. The number of piperazine rings is 1. The first kappa shape index (κ1) is 21.4. The molecule has 2 aromatic rings. The zero-order chi connectivity index (χ0) is 22.0. The molecule has 1 aromatic carbocycles. The molecule has 31 heavy (non-hydrogen) atoms. The van der Waals surface area contributed by atoms with Crippen LogP contribution in [0.4, 0.5) is 0 Å². The highest BCUT2D eigenvalue weighted by atomic mass is 32.2. The first-order valence-electron chi connectivity index (χ1n) is 10.2. The van der Waals surface area contributed by atoms with Crippen molar-refractivity contribution in [1.29, 1.82) is 0 Å². The van der Waals surface area contributed by atoms with Crippen LogP contribution in [0.1, 0.15) is 33.8 Å². The lowest BCUT2D eigenvalue weighted by molar-refractivity contribution is 0.0518. The molecule has 0 N–H and O–H groups in total. The average Bonchev–Trinajstić information content (AvgIpc) is 3.52. The second kappa shape index (κ2) is 8.72. The van der Waals surface area contributed by atoms with Gasteiger partial charge in [-0.2, -0.15) is 4.31 Å². The Labute approximate surface area is 181 Å². The SMILES string of the molecule is COc1ccc(C(=O)N2CCN(C(=O)c3ccco3)CC2)cc1S(=O)(=O)N1CCCC1. The molecule has 0 bridgehead atoms. The van der Waals surface area contributed by atoms with Gasteiger partial charge in [0.25, 0.3) is 11.8 Å². The Hall–Kier alpha value is -2.85. The van der Waals surface area contributed by atoms with E-state index in [1.165, 1.54) is 29.8 Å². The first-order valence-corrected chi connectivity index (χ1v) is 11.7. The third kappa shape index (κ3) is 4.17. The molecule has 10 heteroatoms. The lowest BCUT2D eigenvalue weighted by atomic mass is 10.1. The summed E-state index contributed by atoms with van der Waals surface area (Å²) in [5.74, 6) is 0.00941. The lowest BCUT2D eigenvalue weighted by Crippen LogP contribution is -2.50. The number of ether oxygens (including phenoxy) is 1. The van der Waals surface area contributed by atoms with Gasteiger partial charge in [0.15, 0.2) is 5.76 Å². The summed E-state index contributed by atoms with van der Waals surface area (Å²) in [5, 5.41) is 0. The Balaban J connectivity index is 1.50. The van der Waals surface area contributed by atoms with E-state index in [2.05, 4.69) is 0 Å². The van der Waals surface area contributed by atoms with E-state index in [1.54, 1.807) is 28.0 Å². The van der Waals surface area contributed by atoms with Crippen molar-refractivity contribution < 1.29 is 27.2 Å². The molecule has 2 fully saturated rings. The maximum absolute atomic E-state index is 13.1. The van der Waals surface area contributed by atoms with Gasteiger partial charge in [0.05, 0.1) is 13.4 Å². The number of hydrogen-bond acceptors (Lipinski definition) is 6. The van der Waals surface area contributed by atoms with Crippen molar-refractivity contribution in [1.82, 2.24) is 14.1 Å². The number of furan rings is 1. The number of amides is 2. The van der Waals surface area contributed by atoms with Gasteiger partial charge in [-0.1, -0.05) is 0 Å². The maximum Gasteiger partial charge on any atom is 0.289 e. The van der Waals surface area contributed by atoms with Crippen LogP contribution in [0.3, 0.4) is 0 Å². The summed E-state index contributed by atoms with van der Waals surface area (Å²) >= 11 is 0. The van der Waals surface area contributed by atoms with E-state index < -0.39 is 10.0 Å². The molecular weight excluding hydrogens is 422 g/mol. The van der Waals surface area contributed by atoms with E-state index in [1.807, 2.05) is 0 Å². The molecule has 2 aliphatic heterocycles. The van der Waals surface area contributed by atoms with Crippen LogP contribution in [-0.4, -0.2) is 80.7 Å². The van der Waals surface area contributed by atoms with Crippen molar-refractivity contribution in [2.45, 2.75) is 17.7 Å². The zero-order valence-corrected chi connectivity index (χ0v) is 18.1. The molecule has 2 aliphatic rings. The van der Waals surface area contributed by atoms with Crippen LogP contribution in [0.2, 0.25) is 0 Å². The van der Waals surface area contributed by atoms with Crippen LogP contribution in [0.15, 0.2) is 45.9 Å². The van der Waals surface area contributed by atoms with Gasteiger partial charge in [-0.25, -0.2) is 8.42 Å². The second-order valence-corrected chi connectivity index (χ2v) is 9.44. The Morgan fingerprint density at radius 2 is 1.58 bits per heavy atom. The molecule has 3 heterocycles. The number of carbonyl (C=O) groups excluding carboxylic acids is 2. The second-order valence-electron chi connectivity index (χ2n) is 7.54. The van der Waals surface area contributed by atoms with Gasteiger partial charge in [0.1, 0.15) is 10.6 Å². The third-order valence-electron chi connectivity index (χ3n) is 5.68. The van der Waals surface area contributed by atoms with E-state index in [0.717, 1.165) is 12.8 Å². The maximum atomic E-state index is 13.1. The van der Waals surface area contributed by atoms with Gasteiger partial charge < -0.3 is 19.0 Å². The summed E-state index contributed by atoms with van der Waals surface area (Å²) in [6, 6.07) is 7.76. The number of rotatable bonds is 5. The summed E-state index contributed by atoms with van der Waals surface area (Å²) in [6.07, 6.45) is 3.09. The van der Waals surface area contributed by atoms with Crippen molar-refractivity contribution in [3.05, 3.63) is 47.9 Å². The molecule has 2 saturated heterocycles. The highest BCUT2D eigenvalue weighted by Crippen LogP contribution is 2.30. The standard InChI is InChI=1S/C21H25N3O6S/c1-29-17-7-6-16(15-19(17)31(27,28)24-8-2-3-9-24)20(25)22-10-12-23(13-11-22)21(26)18-5-4-14-30-18/h4-7,14-15H,2-3,8-13H2,1H3. The van der Waals surface area contributed by atoms with Crippen LogP contribution in [0.5, 0.6) is 5.75 Å². The van der Waals surface area contributed by atoms with Crippen LogP contribution in [-0.2, 0) is 10.0 Å². The Bertz CT molecular complexity index is 1050. The predicted octanol–water partition coefficient (Wildman–Crippen LogP) is 1.67. The van der Waals surface area contributed by atoms with Gasteiger partial charge in [0, 0.05) is 44.8 Å². The summed E-state index contributed by atoms with van der Waals surface area (Å²) in [6.45, 7) is 2.39. The monoisotopic (exact) mass is 447 g/mol. The van der Waals surface area contributed by atoms with Crippen LogP contribution < -0.4 is 4.74 Å². The summed E-state index contributed by atoms with van der Waals surface area (Å²) in [5.41, 5.74) is 0.282. The minimum absolute atomic E-state index is 0.00869. The normalized spacial score (nSPS) is 17.7. The first-order chi connectivity index (χ1) is 14.9. The number of sulfonamides is 1. The smallest absolute Gasteiger partial charge is 0.289 e. The number of methoxy groups -OCH3 is 1. The average molecular weight is 448 g/mol. The molecule has 9 nitrogen and oxygen atoms in total. The molecule has 0 unspecified atom stereocenters. The number of benzene rings is 1. The molecule has 0 saturated carbocycles. The van der Waals surface area contributed by atoms with Gasteiger partial charge in [-0.3, -0.25) is 9.59 Å². The molecule has 4 rings (SSSR count). The summed E-state index contributed by atoms with van der Waals surface area (Å²) in [4.78, 5) is 28.7. The van der Waals surface area contributed by atoms with Crippen LogP contribution >= 0.6 is 0 Å². The molecule has 0 radical (unpaired) electrons. The molecule has 0 spiro atoms. The van der Waals surface area contributed by atoms with Crippen molar-refractivity contribution in [3.63, 3.8) is 0 Å². The fraction of sp³-hybridized carbons (Fsp3) is 0.429. The van der Waals surface area contributed by atoms with E-state index >= 15 is 0 Å². The largest absolute Gasteiger partial charge is 0.495 e. The summed E-state index contributed by atoms with van der Waals surface area (Å²) < 4.78 is 38.0. The topological polar surface area (TPSA) is 100 Å². The van der Waals surface area contributed by atoms with E-state index in [-0.39, 0.29) is 33.8 Å². The Kier molecular flexibility index (Phi) is 6.01. The molecule has 0 aliphatic carbocycles. The van der Waals surface area contributed by atoms with Crippen molar-refractivity contribution >= 4 is 21.8 Å². The fourth-order valence-corrected chi connectivity index (χ4v) is 5.63. The van der Waals surface area contributed by atoms with Gasteiger partial charge >= 0.3 is 0 Å². The minimum atomic E-state index is -3.74. The van der Waals surface area contributed by atoms with Crippen molar-refractivity contribution in [2.75, 3.05) is 46.4 Å². The molecular formula is C21H25N3O6S. The molecule has 1 aromatic heterocycles. The zero-order valence-electron chi connectivity index (χ0n) is 17.3. The van der Waals surface area contributed by atoms with Crippen LogP contribution in [0, 0.1) is 0 Å².